The minimum atomic E-state index is 0. The van der Waals surface area contributed by atoms with Crippen LogP contribution in [0.25, 0.3) is 22.2 Å². The Morgan fingerprint density at radius 1 is 1.13 bits per heavy atom. The zero-order valence-corrected chi connectivity index (χ0v) is 18.8. The molecular weight excluding hydrogens is 418 g/mol. The van der Waals surface area contributed by atoms with Crippen LogP contribution in [-0.2, 0) is 0 Å². The zero-order chi connectivity index (χ0) is 20.1. The summed E-state index contributed by atoms with van der Waals surface area (Å²) in [6.45, 7) is 7.87. The van der Waals surface area contributed by atoms with Gasteiger partial charge >= 0.3 is 0 Å². The van der Waals surface area contributed by atoms with Crippen molar-refractivity contribution in [3.8, 4) is 5.75 Å². The van der Waals surface area contributed by atoms with Gasteiger partial charge in [-0.1, -0.05) is 25.1 Å². The second-order valence-corrected chi connectivity index (χ2v) is 8.02. The summed E-state index contributed by atoms with van der Waals surface area (Å²) in [5.74, 6) is 1.87. The van der Waals surface area contributed by atoms with E-state index in [1.54, 1.807) is 11.3 Å². The Kier molecular flexibility index (Phi) is 8.10. The molecule has 3 heterocycles. The Morgan fingerprint density at radius 3 is 2.73 bits per heavy atom. The van der Waals surface area contributed by atoms with Gasteiger partial charge in [-0.05, 0) is 53.2 Å². The lowest BCUT2D eigenvalue weighted by Gasteiger charge is -2.35. The number of nitrogens with zero attached hydrogens (tertiary/aromatic N) is 3. The zero-order valence-electron chi connectivity index (χ0n) is 17.2. The van der Waals surface area contributed by atoms with E-state index >= 15 is 0 Å². The SMILES string of the molecule is CCN1CCN(c2nc(C=Cc3cccc(OCCO)c3)cc3ccsc23)CC1.Cl. The first-order chi connectivity index (χ1) is 14.3. The van der Waals surface area contributed by atoms with Gasteiger partial charge in [0.15, 0.2) is 0 Å². The van der Waals surface area contributed by atoms with Crippen molar-refractivity contribution in [3.63, 3.8) is 0 Å². The number of ether oxygens (including phenoxy) is 1. The number of hydrogen-bond acceptors (Lipinski definition) is 6. The van der Waals surface area contributed by atoms with Crippen molar-refractivity contribution < 1.29 is 9.84 Å². The summed E-state index contributed by atoms with van der Waals surface area (Å²) < 4.78 is 6.77. The second-order valence-electron chi connectivity index (χ2n) is 7.11. The molecule has 7 heteroatoms. The Balaban J connectivity index is 0.00000256. The van der Waals surface area contributed by atoms with Gasteiger partial charge in [-0.2, -0.15) is 0 Å². The maximum absolute atomic E-state index is 8.93. The molecule has 1 fully saturated rings. The molecule has 0 bridgehead atoms. The molecule has 3 aromatic rings. The van der Waals surface area contributed by atoms with Crippen LogP contribution in [-0.4, -0.2) is 60.9 Å². The molecule has 30 heavy (non-hydrogen) atoms. The predicted octanol–water partition coefficient (Wildman–Crippen LogP) is 4.40. The van der Waals surface area contributed by atoms with E-state index in [1.165, 1.54) is 10.1 Å². The molecule has 1 aromatic carbocycles. The number of thiophene rings is 1. The number of likely N-dealkylation sites (N-methyl/N-ethyl adjacent to an activating group) is 1. The summed E-state index contributed by atoms with van der Waals surface area (Å²) in [7, 11) is 0. The minimum absolute atomic E-state index is 0. The lowest BCUT2D eigenvalue weighted by atomic mass is 10.1. The number of pyridine rings is 1. The quantitative estimate of drug-likeness (QED) is 0.584. The average Bonchev–Trinajstić information content (AvgIpc) is 3.25. The third-order valence-electron chi connectivity index (χ3n) is 5.22. The number of halogens is 1. The van der Waals surface area contributed by atoms with Gasteiger partial charge in [0, 0.05) is 26.2 Å². The summed E-state index contributed by atoms with van der Waals surface area (Å²) in [5, 5.41) is 12.3. The molecule has 1 N–H and O–H groups in total. The number of aromatic nitrogens is 1. The summed E-state index contributed by atoms with van der Waals surface area (Å²) >= 11 is 1.77. The number of piperazine rings is 1. The highest BCUT2D eigenvalue weighted by atomic mass is 35.5. The van der Waals surface area contributed by atoms with E-state index in [9.17, 15) is 0 Å². The summed E-state index contributed by atoms with van der Waals surface area (Å²) in [6.07, 6.45) is 4.12. The second kappa shape index (κ2) is 10.8. The van der Waals surface area contributed by atoms with E-state index in [1.807, 2.05) is 24.3 Å². The van der Waals surface area contributed by atoms with Crippen LogP contribution in [0.4, 0.5) is 5.82 Å². The molecule has 0 spiro atoms. The van der Waals surface area contributed by atoms with Crippen molar-refractivity contribution in [1.29, 1.82) is 0 Å². The number of rotatable bonds is 7. The third-order valence-corrected chi connectivity index (χ3v) is 6.15. The normalized spacial score (nSPS) is 14.9. The lowest BCUT2D eigenvalue weighted by Crippen LogP contribution is -2.46. The molecule has 0 atom stereocenters. The Bertz CT molecular complexity index is 983. The fourth-order valence-corrected chi connectivity index (χ4v) is 4.50. The fraction of sp³-hybridized carbons (Fsp3) is 0.348. The average molecular weight is 446 g/mol. The maximum atomic E-state index is 8.93. The number of hydrogen-bond donors (Lipinski definition) is 1. The van der Waals surface area contributed by atoms with E-state index < -0.39 is 0 Å². The van der Waals surface area contributed by atoms with Crippen LogP contribution < -0.4 is 9.64 Å². The molecule has 0 radical (unpaired) electrons. The molecule has 160 valence electrons. The number of fused-ring (bicyclic) bond motifs is 1. The summed E-state index contributed by atoms with van der Waals surface area (Å²) in [5.41, 5.74) is 2.01. The fourth-order valence-electron chi connectivity index (χ4n) is 3.61. The van der Waals surface area contributed by atoms with Gasteiger partial charge in [-0.25, -0.2) is 4.98 Å². The van der Waals surface area contributed by atoms with Gasteiger partial charge in [0.25, 0.3) is 0 Å². The molecule has 2 aromatic heterocycles. The van der Waals surface area contributed by atoms with E-state index in [2.05, 4.69) is 46.4 Å². The van der Waals surface area contributed by atoms with Crippen LogP contribution in [0, 0.1) is 0 Å². The highest BCUT2D eigenvalue weighted by molar-refractivity contribution is 7.17. The monoisotopic (exact) mass is 445 g/mol. The molecule has 0 saturated carbocycles. The summed E-state index contributed by atoms with van der Waals surface area (Å²) in [6, 6.07) is 12.2. The number of aliphatic hydroxyl groups is 1. The first kappa shape index (κ1) is 22.6. The van der Waals surface area contributed by atoms with Crippen molar-refractivity contribution in [1.82, 2.24) is 9.88 Å². The molecule has 4 rings (SSSR count). The van der Waals surface area contributed by atoms with Gasteiger partial charge in [0.05, 0.1) is 17.0 Å². The predicted molar refractivity (Wildman–Crippen MR) is 129 cm³/mol. The summed E-state index contributed by atoms with van der Waals surface area (Å²) in [4.78, 5) is 9.91. The van der Waals surface area contributed by atoms with Gasteiger partial charge in [-0.3, -0.25) is 0 Å². The van der Waals surface area contributed by atoms with Crippen molar-refractivity contribution >= 4 is 51.8 Å². The molecule has 1 aliphatic rings. The molecule has 1 saturated heterocycles. The molecular formula is C23H28ClN3O2S. The lowest BCUT2D eigenvalue weighted by molar-refractivity contribution is 0.201. The first-order valence-electron chi connectivity index (χ1n) is 10.1. The Morgan fingerprint density at radius 2 is 1.97 bits per heavy atom. The largest absolute Gasteiger partial charge is 0.491 e. The van der Waals surface area contributed by atoms with E-state index in [4.69, 9.17) is 14.8 Å². The number of aliphatic hydroxyl groups excluding tert-OH is 1. The van der Waals surface area contributed by atoms with Crippen LogP contribution in [0.2, 0.25) is 0 Å². The number of anilines is 1. The number of benzene rings is 1. The molecule has 0 amide bonds. The third kappa shape index (κ3) is 5.32. The van der Waals surface area contributed by atoms with Gasteiger partial charge in [0.1, 0.15) is 18.2 Å². The van der Waals surface area contributed by atoms with Crippen LogP contribution in [0.15, 0.2) is 41.8 Å². The van der Waals surface area contributed by atoms with Crippen molar-refractivity contribution in [2.45, 2.75) is 6.92 Å². The van der Waals surface area contributed by atoms with Gasteiger partial charge in [-0.15, -0.1) is 23.7 Å². The minimum Gasteiger partial charge on any atom is -0.491 e. The first-order valence-corrected chi connectivity index (χ1v) is 11.0. The molecule has 0 unspecified atom stereocenters. The van der Waals surface area contributed by atoms with Crippen LogP contribution in [0.5, 0.6) is 5.75 Å². The topological polar surface area (TPSA) is 48.8 Å². The highest BCUT2D eigenvalue weighted by Crippen LogP contribution is 2.32. The highest BCUT2D eigenvalue weighted by Gasteiger charge is 2.19. The van der Waals surface area contributed by atoms with Crippen LogP contribution in [0.3, 0.4) is 0 Å². The molecule has 1 aliphatic heterocycles. The van der Waals surface area contributed by atoms with E-state index in [0.29, 0.717) is 6.61 Å². The van der Waals surface area contributed by atoms with Crippen LogP contribution >= 0.6 is 23.7 Å². The van der Waals surface area contributed by atoms with Gasteiger partial charge in [0.2, 0.25) is 0 Å². The van der Waals surface area contributed by atoms with E-state index in [0.717, 1.165) is 55.5 Å². The van der Waals surface area contributed by atoms with Gasteiger partial charge < -0.3 is 19.6 Å². The van der Waals surface area contributed by atoms with Crippen molar-refractivity contribution in [3.05, 3.63) is 53.0 Å². The maximum Gasteiger partial charge on any atom is 0.147 e. The van der Waals surface area contributed by atoms with Crippen molar-refractivity contribution in [2.75, 3.05) is 50.8 Å². The van der Waals surface area contributed by atoms with Crippen LogP contribution in [0.1, 0.15) is 18.2 Å². The Labute approximate surface area is 188 Å². The standard InChI is InChI=1S/C23H27N3O2S.ClH/c1-2-25-9-11-26(12-10-25)23-22-19(8-15-29-22)17-20(24-23)7-6-18-4-3-5-21(16-18)28-14-13-27;/h3-8,15-17,27H,2,9-14H2,1H3;1H. The smallest absolute Gasteiger partial charge is 0.147 e. The van der Waals surface area contributed by atoms with E-state index in [-0.39, 0.29) is 19.0 Å². The molecule has 5 nitrogen and oxygen atoms in total. The molecule has 0 aliphatic carbocycles. The Hall–Kier alpha value is -2.12. The van der Waals surface area contributed by atoms with Crippen molar-refractivity contribution in [2.24, 2.45) is 0 Å².